The molecular weight excluding hydrogens is 412 g/mol. The summed E-state index contributed by atoms with van der Waals surface area (Å²) in [6.45, 7) is 0. The second kappa shape index (κ2) is 5.79. The van der Waals surface area contributed by atoms with Crippen LogP contribution in [0.25, 0.3) is 42.4 Å². The van der Waals surface area contributed by atoms with Gasteiger partial charge in [-0.25, -0.2) is 0 Å². The number of halogens is 1. The van der Waals surface area contributed by atoms with Crippen LogP contribution in [0.2, 0.25) is 0 Å². The molecule has 0 N–H and O–H groups in total. The smallest absolute Gasteiger partial charge is 0.0366 e. The van der Waals surface area contributed by atoms with E-state index < -0.39 is 0 Å². The minimum absolute atomic E-state index is 1.05. The van der Waals surface area contributed by atoms with Gasteiger partial charge in [-0.15, -0.1) is 11.3 Å². The summed E-state index contributed by atoms with van der Waals surface area (Å²) in [6.07, 6.45) is 1.05. The number of thiophene rings is 1. The molecule has 0 bridgehead atoms. The first-order valence-corrected chi connectivity index (χ1v) is 10.7. The van der Waals surface area contributed by atoms with Crippen LogP contribution in [0.1, 0.15) is 11.1 Å². The molecule has 1 heterocycles. The molecule has 0 radical (unpaired) electrons. The zero-order chi connectivity index (χ0) is 18.0. The van der Waals surface area contributed by atoms with Crippen molar-refractivity contribution < 1.29 is 0 Å². The van der Waals surface area contributed by atoms with E-state index in [0.29, 0.717) is 0 Å². The number of hydrogen-bond donors (Lipinski definition) is 0. The highest BCUT2D eigenvalue weighted by atomic mass is 79.9. The predicted octanol–water partition coefficient (Wildman–Crippen LogP) is 8.06. The van der Waals surface area contributed by atoms with Crippen LogP contribution in [0.3, 0.4) is 0 Å². The summed E-state index contributed by atoms with van der Waals surface area (Å²) in [4.78, 5) is 0. The lowest BCUT2D eigenvalue weighted by molar-refractivity contribution is 1.26. The fraction of sp³-hybridized carbons (Fsp3) is 0.0400. The molecule has 1 aromatic heterocycles. The van der Waals surface area contributed by atoms with E-state index in [1.54, 1.807) is 0 Å². The average molecular weight is 427 g/mol. The number of benzene rings is 4. The highest BCUT2D eigenvalue weighted by Crippen LogP contribution is 2.41. The molecule has 0 saturated carbocycles. The lowest BCUT2D eigenvalue weighted by Gasteiger charge is -2.07. The molecule has 0 spiro atoms. The Morgan fingerprint density at radius 3 is 2.26 bits per heavy atom. The molecule has 5 aromatic rings. The van der Waals surface area contributed by atoms with Crippen molar-refractivity contribution in [3.05, 3.63) is 94.5 Å². The molecular formula is C25H15BrS. The van der Waals surface area contributed by atoms with Gasteiger partial charge >= 0.3 is 0 Å². The summed E-state index contributed by atoms with van der Waals surface area (Å²) < 4.78 is 3.82. The first kappa shape index (κ1) is 15.6. The van der Waals surface area contributed by atoms with Gasteiger partial charge in [0.25, 0.3) is 0 Å². The number of rotatable bonds is 1. The van der Waals surface area contributed by atoms with E-state index in [1.165, 1.54) is 53.6 Å². The second-order valence-electron chi connectivity index (χ2n) is 7.16. The number of fused-ring (bicyclic) bond motifs is 6. The van der Waals surface area contributed by atoms with Crippen LogP contribution in [0.5, 0.6) is 0 Å². The van der Waals surface area contributed by atoms with Crippen LogP contribution in [0.4, 0.5) is 0 Å². The molecule has 0 atom stereocenters. The topological polar surface area (TPSA) is 0 Å². The van der Waals surface area contributed by atoms with E-state index in [0.717, 1.165) is 10.9 Å². The summed E-state index contributed by atoms with van der Waals surface area (Å²) >= 11 is 5.46. The van der Waals surface area contributed by atoms with E-state index in [4.69, 9.17) is 0 Å². The van der Waals surface area contributed by atoms with E-state index in [-0.39, 0.29) is 0 Å². The van der Waals surface area contributed by atoms with Gasteiger partial charge in [0.2, 0.25) is 0 Å². The zero-order valence-corrected chi connectivity index (χ0v) is 16.9. The molecule has 0 nitrogen and oxygen atoms in total. The Labute approximate surface area is 170 Å². The Balaban J connectivity index is 1.52. The van der Waals surface area contributed by atoms with Crippen molar-refractivity contribution in [3.63, 3.8) is 0 Å². The Kier molecular flexibility index (Phi) is 3.35. The Bertz CT molecular complexity index is 1360. The molecule has 6 rings (SSSR count). The number of hydrogen-bond acceptors (Lipinski definition) is 1. The Morgan fingerprint density at radius 2 is 1.33 bits per heavy atom. The van der Waals surface area contributed by atoms with E-state index in [1.807, 2.05) is 11.3 Å². The van der Waals surface area contributed by atoms with Gasteiger partial charge < -0.3 is 0 Å². The first-order valence-electron chi connectivity index (χ1n) is 9.10. The van der Waals surface area contributed by atoms with Crippen LogP contribution in [-0.4, -0.2) is 0 Å². The molecule has 0 fully saturated rings. The summed E-state index contributed by atoms with van der Waals surface area (Å²) in [7, 11) is 0. The van der Waals surface area contributed by atoms with Crippen molar-refractivity contribution >= 4 is 47.4 Å². The lowest BCUT2D eigenvalue weighted by atomic mass is 9.98. The van der Waals surface area contributed by atoms with Crippen molar-refractivity contribution in [2.75, 3.05) is 0 Å². The molecule has 0 saturated heterocycles. The van der Waals surface area contributed by atoms with Crippen molar-refractivity contribution in [3.8, 4) is 22.3 Å². The monoisotopic (exact) mass is 426 g/mol. The van der Waals surface area contributed by atoms with Gasteiger partial charge in [-0.1, -0.05) is 70.5 Å². The van der Waals surface area contributed by atoms with Crippen LogP contribution in [-0.2, 0) is 6.42 Å². The van der Waals surface area contributed by atoms with Gasteiger partial charge in [0.15, 0.2) is 0 Å². The molecule has 128 valence electrons. The summed E-state index contributed by atoms with van der Waals surface area (Å²) in [5, 5.41) is 2.69. The van der Waals surface area contributed by atoms with Crippen molar-refractivity contribution in [1.29, 1.82) is 0 Å². The highest BCUT2D eigenvalue weighted by Gasteiger charge is 2.18. The summed E-state index contributed by atoms with van der Waals surface area (Å²) in [5.41, 5.74) is 8.25. The molecule has 0 amide bonds. The van der Waals surface area contributed by atoms with Crippen LogP contribution in [0.15, 0.2) is 83.3 Å². The minimum atomic E-state index is 1.05. The third-order valence-electron chi connectivity index (χ3n) is 5.57. The second-order valence-corrected chi connectivity index (χ2v) is 9.16. The molecule has 2 heteroatoms. The Morgan fingerprint density at radius 1 is 0.630 bits per heavy atom. The van der Waals surface area contributed by atoms with Crippen molar-refractivity contribution in [2.24, 2.45) is 0 Å². The van der Waals surface area contributed by atoms with Gasteiger partial charge in [-0.05, 0) is 64.1 Å². The quantitative estimate of drug-likeness (QED) is 0.249. The van der Waals surface area contributed by atoms with Gasteiger partial charge in [-0.2, -0.15) is 0 Å². The van der Waals surface area contributed by atoms with Gasteiger partial charge in [0.1, 0.15) is 0 Å². The zero-order valence-electron chi connectivity index (χ0n) is 14.5. The minimum Gasteiger partial charge on any atom is -0.135 e. The average Bonchev–Trinajstić information content (AvgIpc) is 3.24. The lowest BCUT2D eigenvalue weighted by Crippen LogP contribution is -1.83. The van der Waals surface area contributed by atoms with Crippen LogP contribution in [0, 0.1) is 0 Å². The third-order valence-corrected chi connectivity index (χ3v) is 7.18. The molecule has 0 aliphatic heterocycles. The molecule has 0 unspecified atom stereocenters. The summed E-state index contributed by atoms with van der Waals surface area (Å²) in [6, 6.07) is 29.2. The predicted molar refractivity (Wildman–Crippen MR) is 121 cm³/mol. The molecule has 1 aliphatic carbocycles. The van der Waals surface area contributed by atoms with Crippen molar-refractivity contribution in [2.45, 2.75) is 6.42 Å². The molecule has 27 heavy (non-hydrogen) atoms. The molecule has 1 aliphatic rings. The highest BCUT2D eigenvalue weighted by molar-refractivity contribution is 9.10. The van der Waals surface area contributed by atoms with Crippen molar-refractivity contribution in [1.82, 2.24) is 0 Å². The molecule has 4 aromatic carbocycles. The standard InChI is InChI=1S/C25H15BrS/c26-19-8-10-22-21-9-7-16(13-24(21)27-25(22)14-19)15-5-6-18-11-17-3-1-2-4-20(17)23(18)12-15/h1-10,12-14H,11H2. The van der Waals surface area contributed by atoms with E-state index in [2.05, 4.69) is 94.8 Å². The van der Waals surface area contributed by atoms with Gasteiger partial charge in [0, 0.05) is 24.6 Å². The maximum Gasteiger partial charge on any atom is 0.0366 e. The largest absolute Gasteiger partial charge is 0.135 e. The Hall–Kier alpha value is -2.42. The van der Waals surface area contributed by atoms with Gasteiger partial charge in [-0.3, -0.25) is 0 Å². The van der Waals surface area contributed by atoms with E-state index in [9.17, 15) is 0 Å². The van der Waals surface area contributed by atoms with Crippen LogP contribution >= 0.6 is 27.3 Å². The first-order chi connectivity index (χ1) is 13.3. The normalized spacial score (nSPS) is 12.5. The SMILES string of the molecule is Brc1ccc2c(c1)sc1cc(-c3ccc4c(c3)-c3ccccc3C4)ccc12. The summed E-state index contributed by atoms with van der Waals surface area (Å²) in [5.74, 6) is 0. The third kappa shape index (κ3) is 2.40. The maximum atomic E-state index is 3.59. The van der Waals surface area contributed by atoms with E-state index >= 15 is 0 Å². The fourth-order valence-electron chi connectivity index (χ4n) is 4.23. The fourth-order valence-corrected chi connectivity index (χ4v) is 5.93. The maximum absolute atomic E-state index is 3.59. The van der Waals surface area contributed by atoms with Crippen LogP contribution < -0.4 is 0 Å². The van der Waals surface area contributed by atoms with Gasteiger partial charge in [0.05, 0.1) is 0 Å².